The van der Waals surface area contributed by atoms with Crippen molar-refractivity contribution in [2.24, 2.45) is 0 Å². The lowest BCUT2D eigenvalue weighted by Gasteiger charge is -2.43. The molecule has 13 heteroatoms. The second kappa shape index (κ2) is 14.6. The van der Waals surface area contributed by atoms with Gasteiger partial charge in [-0.2, -0.15) is 4.98 Å². The fourth-order valence-corrected chi connectivity index (χ4v) is 8.49. The van der Waals surface area contributed by atoms with Crippen LogP contribution in [-0.4, -0.2) is 96.9 Å². The van der Waals surface area contributed by atoms with E-state index >= 15 is 0 Å². The van der Waals surface area contributed by atoms with Gasteiger partial charge in [-0.05, 0) is 96.4 Å². The molecule has 2 saturated heterocycles. The Morgan fingerprint density at radius 3 is 2.43 bits per heavy atom. The summed E-state index contributed by atoms with van der Waals surface area (Å²) >= 11 is 5.00. The molecule has 0 amide bonds. The predicted octanol–water partition coefficient (Wildman–Crippen LogP) is 6.89. The van der Waals surface area contributed by atoms with Crippen LogP contribution in [0.1, 0.15) is 25.3 Å². The highest BCUT2D eigenvalue weighted by atomic mass is 79.9. The smallest absolute Gasteiger partial charge is 0.229 e. The molecule has 2 aromatic heterocycles. The Bertz CT molecular complexity index is 1730. The Morgan fingerprint density at radius 1 is 1.00 bits per heavy atom. The summed E-state index contributed by atoms with van der Waals surface area (Å²) in [4.78, 5) is 17.0. The number of piperidine rings is 1. The molecule has 2 aliphatic heterocycles. The molecule has 6 rings (SSSR count). The van der Waals surface area contributed by atoms with Crippen molar-refractivity contribution in [1.29, 1.82) is 0 Å². The van der Waals surface area contributed by atoms with Crippen LogP contribution in [0.4, 0.5) is 28.8 Å². The molecule has 2 fully saturated rings. The van der Waals surface area contributed by atoms with E-state index in [-0.39, 0.29) is 0 Å². The fraction of sp³-hybridized carbons (Fsp3) is 0.441. The Balaban J connectivity index is 1.21. The van der Waals surface area contributed by atoms with E-state index < -0.39 is 7.14 Å². The van der Waals surface area contributed by atoms with Gasteiger partial charge in [0.2, 0.25) is 5.95 Å². The molecule has 250 valence electrons. The second-order valence-electron chi connectivity index (χ2n) is 12.7. The molecule has 4 heterocycles. The summed E-state index contributed by atoms with van der Waals surface area (Å²) in [6.07, 6.45) is 6.80. The first-order valence-electron chi connectivity index (χ1n) is 16.2. The monoisotopic (exact) mass is 738 g/mol. The summed E-state index contributed by atoms with van der Waals surface area (Å²) in [5.41, 5.74) is 6.04. The summed E-state index contributed by atoms with van der Waals surface area (Å²) < 4.78 is 24.2. The molecule has 2 aliphatic rings. The van der Waals surface area contributed by atoms with Crippen molar-refractivity contribution in [3.05, 3.63) is 58.1 Å². The number of ether oxygens (including phenoxy) is 1. The third-order valence-electron chi connectivity index (χ3n) is 9.23. The quantitative estimate of drug-likeness (QED) is 0.168. The van der Waals surface area contributed by atoms with E-state index in [1.165, 1.54) is 48.7 Å². The molecule has 0 bridgehead atoms. The van der Waals surface area contributed by atoms with E-state index in [2.05, 4.69) is 76.7 Å². The van der Waals surface area contributed by atoms with Crippen LogP contribution in [0.3, 0.4) is 0 Å². The average Bonchev–Trinajstić information content (AvgIpc) is 3.61. The van der Waals surface area contributed by atoms with E-state index in [4.69, 9.17) is 9.72 Å². The third-order valence-corrected chi connectivity index (χ3v) is 11.9. The van der Waals surface area contributed by atoms with Crippen LogP contribution in [-0.2, 0) is 11.0 Å². The Morgan fingerprint density at radius 2 is 1.77 bits per heavy atom. The Labute approximate surface area is 290 Å². The van der Waals surface area contributed by atoms with Gasteiger partial charge in [-0.15, -0.1) is 0 Å². The maximum atomic E-state index is 13.4. The summed E-state index contributed by atoms with van der Waals surface area (Å²) in [5, 5.41) is 9.56. The van der Waals surface area contributed by atoms with Gasteiger partial charge >= 0.3 is 0 Å². The summed E-state index contributed by atoms with van der Waals surface area (Å²) in [6.45, 7) is 12.5. The molecular weight excluding hydrogens is 695 g/mol. The average molecular weight is 740 g/mol. The SMILES string of the molecule is CCc1cc(Nc2ncc(Br)c(Nc3ccc(-c4cnsc4)cc3P(C)(C)=O)n2)c(OC)cc1N1CCC(N2CCN(C)CC2)CC1. The summed E-state index contributed by atoms with van der Waals surface area (Å²) in [7, 11) is 1.29. The van der Waals surface area contributed by atoms with Gasteiger partial charge in [-0.3, -0.25) is 4.90 Å². The summed E-state index contributed by atoms with van der Waals surface area (Å²) in [5.74, 6) is 1.74. The van der Waals surface area contributed by atoms with Crippen molar-refractivity contribution in [3.8, 4) is 16.9 Å². The van der Waals surface area contributed by atoms with Gasteiger partial charge < -0.3 is 29.7 Å². The maximum absolute atomic E-state index is 13.4. The van der Waals surface area contributed by atoms with Crippen molar-refractivity contribution >= 4 is 68.7 Å². The lowest BCUT2D eigenvalue weighted by Crippen LogP contribution is -2.52. The standard InChI is InChI=1S/C34H44BrN8O2PS/c1-6-23-17-29(31(45-3)19-30(23)43-11-9-26(10-12-43)42-15-13-41(2)14-16-42)39-34-36-21-27(35)33(40-34)38-28-8-7-24(25-20-37-47-22-25)18-32(28)46(4,5)44/h7-8,17-22,26H,6,9-16H2,1-5H3,(H2,36,38,39,40). The highest BCUT2D eigenvalue weighted by molar-refractivity contribution is 9.10. The number of likely N-dealkylation sites (N-methyl/N-ethyl adjacent to an activating group) is 1. The largest absolute Gasteiger partial charge is 0.494 e. The molecule has 0 radical (unpaired) electrons. The minimum absolute atomic E-state index is 0.426. The second-order valence-corrected chi connectivity index (χ2v) is 17.4. The minimum Gasteiger partial charge on any atom is -0.494 e. The number of benzene rings is 2. The number of anilines is 5. The molecule has 2 aromatic carbocycles. The van der Waals surface area contributed by atoms with Gasteiger partial charge in [0, 0.05) is 85.7 Å². The highest BCUT2D eigenvalue weighted by Gasteiger charge is 2.28. The van der Waals surface area contributed by atoms with Crippen molar-refractivity contribution in [2.75, 3.05) is 82.3 Å². The minimum atomic E-state index is -2.63. The molecule has 0 saturated carbocycles. The number of nitrogens with one attached hydrogen (secondary N) is 2. The molecule has 0 spiro atoms. The Hall–Kier alpha value is -3.02. The van der Waals surface area contributed by atoms with Gasteiger partial charge in [-0.25, -0.2) is 9.36 Å². The van der Waals surface area contributed by atoms with Crippen LogP contribution in [0, 0.1) is 0 Å². The predicted molar refractivity (Wildman–Crippen MR) is 200 cm³/mol. The molecular formula is C34H44BrN8O2PS. The van der Waals surface area contributed by atoms with Crippen LogP contribution < -0.4 is 25.6 Å². The van der Waals surface area contributed by atoms with E-state index in [9.17, 15) is 4.57 Å². The Kier molecular flexibility index (Phi) is 10.5. The number of rotatable bonds is 10. The molecule has 47 heavy (non-hydrogen) atoms. The number of methoxy groups -OCH3 is 1. The zero-order chi connectivity index (χ0) is 33.1. The molecule has 0 unspecified atom stereocenters. The normalized spacial score (nSPS) is 16.8. The van der Waals surface area contributed by atoms with Gasteiger partial charge in [0.05, 0.1) is 23.0 Å². The molecule has 0 aliphatic carbocycles. The van der Waals surface area contributed by atoms with Crippen LogP contribution in [0.15, 0.2) is 52.6 Å². The number of nitrogens with zero attached hydrogens (tertiary/aromatic N) is 6. The van der Waals surface area contributed by atoms with E-state index in [0.717, 1.165) is 66.2 Å². The van der Waals surface area contributed by atoms with Gasteiger partial charge in [-0.1, -0.05) is 13.0 Å². The van der Waals surface area contributed by atoms with Crippen LogP contribution in [0.2, 0.25) is 0 Å². The number of piperazine rings is 1. The number of hydrogen-bond donors (Lipinski definition) is 2. The lowest BCUT2D eigenvalue weighted by atomic mass is 9.99. The number of halogens is 1. The number of hydrogen-bond acceptors (Lipinski definition) is 11. The van der Waals surface area contributed by atoms with E-state index in [1.54, 1.807) is 26.6 Å². The van der Waals surface area contributed by atoms with Gasteiger partial charge in [0.25, 0.3) is 0 Å². The third kappa shape index (κ3) is 7.84. The van der Waals surface area contributed by atoms with Crippen LogP contribution in [0.25, 0.3) is 11.1 Å². The van der Waals surface area contributed by atoms with Gasteiger partial charge in [0.1, 0.15) is 18.7 Å². The number of aryl methyl sites for hydroxylation is 1. The first kappa shape index (κ1) is 33.9. The van der Waals surface area contributed by atoms with Crippen molar-refractivity contribution in [1.82, 2.24) is 24.1 Å². The van der Waals surface area contributed by atoms with Crippen LogP contribution in [0.5, 0.6) is 5.75 Å². The molecule has 4 aromatic rings. The highest BCUT2D eigenvalue weighted by Crippen LogP contribution is 2.41. The van der Waals surface area contributed by atoms with E-state index in [0.29, 0.717) is 22.3 Å². The lowest BCUT2D eigenvalue weighted by molar-refractivity contribution is 0.0982. The van der Waals surface area contributed by atoms with Crippen molar-refractivity contribution < 1.29 is 9.30 Å². The molecule has 0 atom stereocenters. The van der Waals surface area contributed by atoms with Crippen molar-refractivity contribution in [2.45, 2.75) is 32.2 Å². The van der Waals surface area contributed by atoms with Crippen LogP contribution >= 0.6 is 34.6 Å². The maximum Gasteiger partial charge on any atom is 0.229 e. The fourth-order valence-electron chi connectivity index (χ4n) is 6.49. The first-order chi connectivity index (χ1) is 22.6. The van der Waals surface area contributed by atoms with Gasteiger partial charge in [0.15, 0.2) is 0 Å². The topological polar surface area (TPSA) is 98.7 Å². The zero-order valence-corrected chi connectivity index (χ0v) is 31.1. The summed E-state index contributed by atoms with van der Waals surface area (Å²) in [6, 6.07) is 10.9. The molecule has 2 N–H and O–H groups in total. The van der Waals surface area contributed by atoms with E-state index in [1.807, 2.05) is 29.8 Å². The molecule has 10 nitrogen and oxygen atoms in total. The number of aromatic nitrogens is 3. The zero-order valence-electron chi connectivity index (χ0n) is 27.8. The van der Waals surface area contributed by atoms with Crippen molar-refractivity contribution in [3.63, 3.8) is 0 Å². The first-order valence-corrected chi connectivity index (χ1v) is 20.4.